The topological polar surface area (TPSA) is 75.3 Å². The fourth-order valence-electron chi connectivity index (χ4n) is 1.61. The number of phenols is 1. The number of nitrogens with two attached hydrogens (primary N) is 1. The molecule has 0 aliphatic carbocycles. The average Bonchev–Trinajstić information content (AvgIpc) is 2.93. The molecule has 0 radical (unpaired) electrons. The summed E-state index contributed by atoms with van der Waals surface area (Å²) in [5.41, 5.74) is 6.60. The zero-order valence-electron chi connectivity index (χ0n) is 11.0. The van der Waals surface area contributed by atoms with E-state index in [2.05, 4.69) is 17.2 Å². The Hall–Kier alpha value is -2.00. The lowest BCUT2D eigenvalue weighted by molar-refractivity contribution is 0.0951. The minimum atomic E-state index is -0.250. The van der Waals surface area contributed by atoms with Gasteiger partial charge in [-0.25, -0.2) is 0 Å². The van der Waals surface area contributed by atoms with Crippen LogP contribution in [0.15, 0.2) is 29.6 Å². The van der Waals surface area contributed by atoms with Gasteiger partial charge < -0.3 is 16.2 Å². The van der Waals surface area contributed by atoms with Gasteiger partial charge in [0.25, 0.3) is 5.91 Å². The van der Waals surface area contributed by atoms with E-state index in [0.717, 1.165) is 10.4 Å². The standard InChI is InChI=1S/C15H13ClN2O2S/c16-13-7-11(3-4-14(13)19)15(20)18-8-12-6-10(9-21-12)2-1-5-17/h3-4,6-7,9,19H,5,8,17H2,(H,18,20). The number of amides is 1. The summed E-state index contributed by atoms with van der Waals surface area (Å²) in [7, 11) is 0. The van der Waals surface area contributed by atoms with Crippen LogP contribution in [-0.4, -0.2) is 17.6 Å². The lowest BCUT2D eigenvalue weighted by atomic mass is 10.2. The third-order valence-electron chi connectivity index (χ3n) is 2.62. The van der Waals surface area contributed by atoms with Crippen molar-refractivity contribution in [2.24, 2.45) is 5.73 Å². The summed E-state index contributed by atoms with van der Waals surface area (Å²) in [6, 6.07) is 6.25. The summed E-state index contributed by atoms with van der Waals surface area (Å²) in [5, 5.41) is 14.2. The first-order valence-corrected chi connectivity index (χ1v) is 7.39. The van der Waals surface area contributed by atoms with Crippen LogP contribution in [0, 0.1) is 11.8 Å². The Kier molecular flexibility index (Phi) is 5.23. The Balaban J connectivity index is 1.97. The van der Waals surface area contributed by atoms with Crippen LogP contribution in [-0.2, 0) is 6.54 Å². The van der Waals surface area contributed by atoms with Gasteiger partial charge >= 0.3 is 0 Å². The van der Waals surface area contributed by atoms with Gasteiger partial charge in [0.1, 0.15) is 5.75 Å². The molecule has 1 heterocycles. The molecule has 1 amide bonds. The maximum absolute atomic E-state index is 12.0. The molecule has 0 spiro atoms. The Morgan fingerprint density at radius 1 is 1.43 bits per heavy atom. The molecule has 2 rings (SSSR count). The number of halogens is 1. The molecule has 0 unspecified atom stereocenters. The lowest BCUT2D eigenvalue weighted by Gasteiger charge is -2.04. The molecule has 0 atom stereocenters. The summed E-state index contributed by atoms with van der Waals surface area (Å²) in [6.45, 7) is 0.732. The molecular weight excluding hydrogens is 308 g/mol. The number of carbonyl (C=O) groups excluding carboxylic acids is 1. The second-order valence-electron chi connectivity index (χ2n) is 4.16. The molecule has 0 aliphatic rings. The van der Waals surface area contributed by atoms with Crippen molar-refractivity contribution in [1.82, 2.24) is 5.32 Å². The van der Waals surface area contributed by atoms with Crippen molar-refractivity contribution in [3.8, 4) is 17.6 Å². The summed E-state index contributed by atoms with van der Waals surface area (Å²) in [6.07, 6.45) is 0. The number of phenolic OH excluding ortho intramolecular Hbond substituents is 1. The van der Waals surface area contributed by atoms with E-state index >= 15 is 0 Å². The fraction of sp³-hybridized carbons (Fsp3) is 0.133. The maximum atomic E-state index is 12.0. The van der Waals surface area contributed by atoms with Gasteiger partial charge in [-0.1, -0.05) is 23.4 Å². The normalized spacial score (nSPS) is 9.81. The Labute approximate surface area is 131 Å². The SMILES string of the molecule is NCC#Cc1csc(CNC(=O)c2ccc(O)c(Cl)c2)c1. The van der Waals surface area contributed by atoms with Crippen LogP contribution in [0.3, 0.4) is 0 Å². The monoisotopic (exact) mass is 320 g/mol. The molecule has 0 saturated heterocycles. The smallest absolute Gasteiger partial charge is 0.251 e. The lowest BCUT2D eigenvalue weighted by Crippen LogP contribution is -2.22. The predicted molar refractivity (Wildman–Crippen MR) is 84.5 cm³/mol. The van der Waals surface area contributed by atoms with Gasteiger partial charge in [-0.15, -0.1) is 11.3 Å². The number of aromatic hydroxyl groups is 1. The van der Waals surface area contributed by atoms with Crippen molar-refractivity contribution in [3.05, 3.63) is 50.7 Å². The first kappa shape index (κ1) is 15.4. The molecular formula is C15H13ClN2O2S. The number of rotatable bonds is 3. The van der Waals surface area contributed by atoms with Crippen LogP contribution >= 0.6 is 22.9 Å². The van der Waals surface area contributed by atoms with Crippen molar-refractivity contribution < 1.29 is 9.90 Å². The van der Waals surface area contributed by atoms with Gasteiger partial charge in [-0.3, -0.25) is 4.79 Å². The Bertz CT molecular complexity index is 716. The number of nitrogens with one attached hydrogen (secondary N) is 1. The minimum absolute atomic E-state index is 0.0467. The van der Waals surface area contributed by atoms with E-state index < -0.39 is 0 Å². The molecule has 0 fully saturated rings. The first-order chi connectivity index (χ1) is 10.1. The van der Waals surface area contributed by atoms with E-state index in [4.69, 9.17) is 17.3 Å². The molecule has 21 heavy (non-hydrogen) atoms. The predicted octanol–water partition coefficient (Wildman–Crippen LogP) is 2.35. The number of thiophene rings is 1. The summed E-state index contributed by atoms with van der Waals surface area (Å²) < 4.78 is 0. The highest BCUT2D eigenvalue weighted by molar-refractivity contribution is 7.10. The van der Waals surface area contributed by atoms with E-state index in [9.17, 15) is 9.90 Å². The Morgan fingerprint density at radius 3 is 2.95 bits per heavy atom. The molecule has 0 bridgehead atoms. The van der Waals surface area contributed by atoms with Gasteiger partial charge in [0.05, 0.1) is 18.1 Å². The molecule has 0 aliphatic heterocycles. The quantitative estimate of drug-likeness (QED) is 0.760. The van der Waals surface area contributed by atoms with Crippen LogP contribution in [0.4, 0.5) is 0 Å². The largest absolute Gasteiger partial charge is 0.506 e. The van der Waals surface area contributed by atoms with Gasteiger partial charge in [0.2, 0.25) is 0 Å². The average molecular weight is 321 g/mol. The molecule has 1 aromatic heterocycles. The molecule has 6 heteroatoms. The first-order valence-electron chi connectivity index (χ1n) is 6.13. The van der Waals surface area contributed by atoms with Crippen molar-refractivity contribution in [2.45, 2.75) is 6.54 Å². The van der Waals surface area contributed by atoms with Crippen molar-refractivity contribution in [1.29, 1.82) is 0 Å². The van der Waals surface area contributed by atoms with Crippen molar-refractivity contribution in [2.75, 3.05) is 6.54 Å². The van der Waals surface area contributed by atoms with Gasteiger partial charge in [0.15, 0.2) is 0 Å². The van der Waals surface area contributed by atoms with E-state index in [1.54, 1.807) is 0 Å². The van der Waals surface area contributed by atoms with E-state index in [0.29, 0.717) is 18.7 Å². The number of carbonyl (C=O) groups is 1. The Morgan fingerprint density at radius 2 is 2.24 bits per heavy atom. The van der Waals surface area contributed by atoms with Crippen LogP contribution in [0.1, 0.15) is 20.8 Å². The van der Waals surface area contributed by atoms with Crippen LogP contribution in [0.5, 0.6) is 5.75 Å². The molecule has 2 aromatic rings. The third-order valence-corrected chi connectivity index (χ3v) is 3.86. The fourth-order valence-corrected chi connectivity index (χ4v) is 2.55. The van der Waals surface area contributed by atoms with Crippen molar-refractivity contribution in [3.63, 3.8) is 0 Å². The van der Waals surface area contributed by atoms with Gasteiger partial charge in [0, 0.05) is 21.4 Å². The van der Waals surface area contributed by atoms with Crippen LogP contribution in [0.25, 0.3) is 0 Å². The number of benzene rings is 1. The molecule has 108 valence electrons. The van der Waals surface area contributed by atoms with E-state index in [1.165, 1.54) is 29.5 Å². The highest BCUT2D eigenvalue weighted by Crippen LogP contribution is 2.23. The molecule has 0 saturated carbocycles. The summed E-state index contributed by atoms with van der Waals surface area (Å²) >= 11 is 7.29. The maximum Gasteiger partial charge on any atom is 0.251 e. The summed E-state index contributed by atoms with van der Waals surface area (Å²) in [5.74, 6) is 5.42. The van der Waals surface area contributed by atoms with Crippen molar-refractivity contribution >= 4 is 28.8 Å². The number of hydrogen-bond acceptors (Lipinski definition) is 4. The second-order valence-corrected chi connectivity index (χ2v) is 5.56. The van der Waals surface area contributed by atoms with E-state index in [-0.39, 0.29) is 16.7 Å². The number of hydrogen-bond donors (Lipinski definition) is 3. The third kappa shape index (κ3) is 4.23. The van der Waals surface area contributed by atoms with Gasteiger partial charge in [-0.05, 0) is 24.3 Å². The van der Waals surface area contributed by atoms with Crippen LogP contribution in [0.2, 0.25) is 5.02 Å². The van der Waals surface area contributed by atoms with Gasteiger partial charge in [-0.2, -0.15) is 0 Å². The second kappa shape index (κ2) is 7.14. The van der Waals surface area contributed by atoms with Crippen LogP contribution < -0.4 is 11.1 Å². The molecule has 1 aromatic carbocycles. The molecule has 4 N–H and O–H groups in total. The summed E-state index contributed by atoms with van der Waals surface area (Å²) in [4.78, 5) is 13.0. The van der Waals surface area contributed by atoms with E-state index in [1.807, 2.05) is 11.4 Å². The zero-order valence-corrected chi connectivity index (χ0v) is 12.6. The highest BCUT2D eigenvalue weighted by atomic mass is 35.5. The highest BCUT2D eigenvalue weighted by Gasteiger charge is 2.08. The molecule has 4 nitrogen and oxygen atoms in total. The minimum Gasteiger partial charge on any atom is -0.506 e. The zero-order chi connectivity index (χ0) is 15.2.